The Morgan fingerprint density at radius 3 is 2.62 bits per heavy atom. The number of alkyl halides is 2. The second kappa shape index (κ2) is 7.31. The van der Waals surface area contributed by atoms with Crippen LogP contribution < -0.4 is 4.74 Å². The lowest BCUT2D eigenvalue weighted by atomic mass is 10.1. The van der Waals surface area contributed by atoms with Crippen LogP contribution in [-0.4, -0.2) is 29.0 Å². The average Bonchev–Trinajstić information content (AvgIpc) is 2.75. The number of halogens is 5. The van der Waals surface area contributed by atoms with Crippen molar-refractivity contribution in [2.24, 2.45) is 7.05 Å². The molecule has 0 bridgehead atoms. The number of aryl methyl sites for hydroxylation is 1. The highest BCUT2D eigenvalue weighted by Gasteiger charge is 2.24. The van der Waals surface area contributed by atoms with Crippen LogP contribution in [0.3, 0.4) is 0 Å². The maximum atomic E-state index is 14.2. The van der Waals surface area contributed by atoms with E-state index in [0.29, 0.717) is 0 Å². The number of hydrogen-bond donors (Lipinski definition) is 0. The minimum Gasteiger partial charge on any atom is -0.462 e. The van der Waals surface area contributed by atoms with Crippen LogP contribution in [0.2, 0.25) is 10.0 Å². The molecular formula is C14H11Cl2F3N2O3. The first-order valence-electron chi connectivity index (χ1n) is 6.60. The van der Waals surface area contributed by atoms with Gasteiger partial charge in [-0.25, -0.2) is 13.9 Å². The van der Waals surface area contributed by atoms with Gasteiger partial charge in [-0.1, -0.05) is 23.2 Å². The van der Waals surface area contributed by atoms with Crippen molar-refractivity contribution in [3.63, 3.8) is 0 Å². The molecule has 0 unspecified atom stereocenters. The van der Waals surface area contributed by atoms with Gasteiger partial charge >= 0.3 is 12.6 Å². The van der Waals surface area contributed by atoms with Gasteiger partial charge in [0.1, 0.15) is 16.5 Å². The van der Waals surface area contributed by atoms with Crippen molar-refractivity contribution in [3.05, 3.63) is 33.6 Å². The molecule has 0 aliphatic heterocycles. The van der Waals surface area contributed by atoms with Crippen molar-refractivity contribution < 1.29 is 27.4 Å². The predicted octanol–water partition coefficient (Wildman–Crippen LogP) is 4.31. The summed E-state index contributed by atoms with van der Waals surface area (Å²) < 4.78 is 49.0. The summed E-state index contributed by atoms with van der Waals surface area (Å²) in [5.74, 6) is -2.04. The van der Waals surface area contributed by atoms with E-state index in [9.17, 15) is 18.0 Å². The molecule has 0 N–H and O–H groups in total. The number of carbonyl (C=O) groups excluding carboxylic acids is 1. The molecule has 0 saturated carbocycles. The number of rotatable bonds is 5. The van der Waals surface area contributed by atoms with E-state index in [0.717, 1.165) is 16.8 Å². The Morgan fingerprint density at radius 2 is 2.04 bits per heavy atom. The fourth-order valence-corrected chi connectivity index (χ4v) is 2.50. The lowest BCUT2D eigenvalue weighted by Crippen LogP contribution is -2.06. The second-order valence-corrected chi connectivity index (χ2v) is 5.29. The monoisotopic (exact) mass is 382 g/mol. The van der Waals surface area contributed by atoms with E-state index in [1.165, 1.54) is 7.05 Å². The normalized spacial score (nSPS) is 11.0. The number of benzene rings is 1. The van der Waals surface area contributed by atoms with Crippen molar-refractivity contribution in [2.75, 3.05) is 6.61 Å². The summed E-state index contributed by atoms with van der Waals surface area (Å²) in [4.78, 5) is 11.9. The fraction of sp³-hybridized carbons (Fsp3) is 0.286. The molecule has 10 heteroatoms. The molecule has 24 heavy (non-hydrogen) atoms. The average molecular weight is 383 g/mol. The first kappa shape index (κ1) is 18.4. The van der Waals surface area contributed by atoms with Crippen molar-refractivity contribution >= 4 is 29.2 Å². The zero-order chi connectivity index (χ0) is 18.0. The summed E-state index contributed by atoms with van der Waals surface area (Å²) in [6.45, 7) is -1.44. The molecule has 2 aromatic rings. The van der Waals surface area contributed by atoms with Crippen molar-refractivity contribution in [2.45, 2.75) is 13.5 Å². The van der Waals surface area contributed by atoms with Gasteiger partial charge in [-0.2, -0.15) is 13.9 Å². The number of esters is 1. The van der Waals surface area contributed by atoms with Crippen LogP contribution in [0, 0.1) is 5.82 Å². The predicted molar refractivity (Wildman–Crippen MR) is 81.2 cm³/mol. The van der Waals surface area contributed by atoms with Gasteiger partial charge in [0.2, 0.25) is 5.88 Å². The molecule has 2 rings (SSSR count). The Labute approximate surface area is 144 Å². The van der Waals surface area contributed by atoms with E-state index in [1.54, 1.807) is 6.92 Å². The van der Waals surface area contributed by atoms with Crippen molar-refractivity contribution in [1.29, 1.82) is 0 Å². The highest BCUT2D eigenvalue weighted by molar-refractivity contribution is 6.35. The lowest BCUT2D eigenvalue weighted by molar-refractivity contribution is -0.0552. The van der Waals surface area contributed by atoms with Crippen LogP contribution in [0.1, 0.15) is 17.3 Å². The molecular weight excluding hydrogens is 372 g/mol. The summed E-state index contributed by atoms with van der Waals surface area (Å²) >= 11 is 11.8. The molecule has 5 nitrogen and oxygen atoms in total. The third-order valence-electron chi connectivity index (χ3n) is 2.95. The SMILES string of the molecule is CCOC(=O)c1cc(-c2nn(C)c(OC(F)F)c2Cl)c(F)cc1Cl. The van der Waals surface area contributed by atoms with Crippen LogP contribution in [0.4, 0.5) is 13.2 Å². The minimum absolute atomic E-state index is 0.0958. The summed E-state index contributed by atoms with van der Waals surface area (Å²) in [6.07, 6.45) is 0. The first-order chi connectivity index (χ1) is 11.3. The van der Waals surface area contributed by atoms with E-state index in [1.807, 2.05) is 0 Å². The third-order valence-corrected chi connectivity index (χ3v) is 3.60. The molecule has 130 valence electrons. The number of hydrogen-bond acceptors (Lipinski definition) is 4. The molecule has 0 fully saturated rings. The van der Waals surface area contributed by atoms with Gasteiger partial charge in [-0.15, -0.1) is 0 Å². The first-order valence-corrected chi connectivity index (χ1v) is 7.35. The van der Waals surface area contributed by atoms with Gasteiger partial charge in [0.25, 0.3) is 0 Å². The summed E-state index contributed by atoms with van der Waals surface area (Å²) in [5, 5.41) is 3.38. The van der Waals surface area contributed by atoms with Gasteiger partial charge in [-0.05, 0) is 19.1 Å². The van der Waals surface area contributed by atoms with Gasteiger partial charge in [0.05, 0.1) is 17.2 Å². The van der Waals surface area contributed by atoms with Crippen LogP contribution in [0.15, 0.2) is 12.1 Å². The number of aromatic nitrogens is 2. The molecule has 0 amide bonds. The van der Waals surface area contributed by atoms with E-state index < -0.39 is 24.3 Å². The highest BCUT2D eigenvalue weighted by Crippen LogP contribution is 2.38. The van der Waals surface area contributed by atoms with E-state index in [-0.39, 0.29) is 33.5 Å². The van der Waals surface area contributed by atoms with E-state index >= 15 is 0 Å². The lowest BCUT2D eigenvalue weighted by Gasteiger charge is -2.07. The minimum atomic E-state index is -3.13. The highest BCUT2D eigenvalue weighted by atomic mass is 35.5. The molecule has 0 atom stereocenters. The fourth-order valence-electron chi connectivity index (χ4n) is 1.96. The Morgan fingerprint density at radius 1 is 1.38 bits per heavy atom. The summed E-state index contributed by atoms with van der Waals surface area (Å²) in [6, 6.07) is 1.98. The third kappa shape index (κ3) is 3.59. The van der Waals surface area contributed by atoms with Gasteiger partial charge in [0, 0.05) is 12.6 Å². The van der Waals surface area contributed by atoms with Crippen LogP contribution in [-0.2, 0) is 11.8 Å². The van der Waals surface area contributed by atoms with Crippen LogP contribution >= 0.6 is 23.2 Å². The largest absolute Gasteiger partial charge is 0.462 e. The van der Waals surface area contributed by atoms with Crippen LogP contribution in [0.25, 0.3) is 11.3 Å². The Hall–Kier alpha value is -1.93. The summed E-state index contributed by atoms with van der Waals surface area (Å²) in [7, 11) is 1.30. The second-order valence-electron chi connectivity index (χ2n) is 4.50. The number of nitrogens with zero attached hydrogens (tertiary/aromatic N) is 2. The zero-order valence-electron chi connectivity index (χ0n) is 12.4. The molecule has 0 spiro atoms. The molecule has 0 aliphatic carbocycles. The smallest absolute Gasteiger partial charge is 0.388 e. The topological polar surface area (TPSA) is 53.3 Å². The van der Waals surface area contributed by atoms with Crippen LogP contribution in [0.5, 0.6) is 5.88 Å². The molecule has 1 aromatic carbocycles. The van der Waals surface area contributed by atoms with Gasteiger partial charge < -0.3 is 9.47 Å². The van der Waals surface area contributed by atoms with Gasteiger partial charge in [0.15, 0.2) is 0 Å². The molecule has 0 radical (unpaired) electrons. The molecule has 1 aromatic heterocycles. The zero-order valence-corrected chi connectivity index (χ0v) is 14.0. The Kier molecular flexibility index (Phi) is 5.61. The van der Waals surface area contributed by atoms with E-state index in [4.69, 9.17) is 27.9 Å². The molecule has 0 aliphatic rings. The number of carbonyl (C=O) groups is 1. The molecule has 1 heterocycles. The Bertz CT molecular complexity index is 781. The molecule has 0 saturated heterocycles. The Balaban J connectivity index is 2.57. The number of ether oxygens (including phenoxy) is 2. The van der Waals surface area contributed by atoms with Crippen molar-refractivity contribution in [3.8, 4) is 17.1 Å². The quantitative estimate of drug-likeness (QED) is 0.723. The van der Waals surface area contributed by atoms with Crippen molar-refractivity contribution in [1.82, 2.24) is 9.78 Å². The van der Waals surface area contributed by atoms with Gasteiger partial charge in [-0.3, -0.25) is 0 Å². The maximum absolute atomic E-state index is 14.2. The van der Waals surface area contributed by atoms with E-state index in [2.05, 4.69) is 9.84 Å². The summed E-state index contributed by atoms with van der Waals surface area (Å²) in [5.41, 5.74) is -0.477. The maximum Gasteiger partial charge on any atom is 0.388 e. The standard InChI is InChI=1S/C14H11Cl2F3N2O3/c1-3-23-13(22)6-4-7(9(17)5-8(6)15)11-10(16)12(21(2)20-11)24-14(18)19/h4-5,14H,3H2,1-2H3.